The summed E-state index contributed by atoms with van der Waals surface area (Å²) in [6, 6.07) is 10.5. The van der Waals surface area contributed by atoms with Gasteiger partial charge in [-0.2, -0.15) is 0 Å². The molecule has 2 aromatic rings. The van der Waals surface area contributed by atoms with Crippen LogP contribution in [0.5, 0.6) is 11.5 Å². The Balaban J connectivity index is 2.04. The number of carbonyl (C=O) groups excluding carboxylic acids is 1. The van der Waals surface area contributed by atoms with E-state index in [1.54, 1.807) is 12.1 Å². The molecule has 2 aromatic carbocycles. The van der Waals surface area contributed by atoms with Crippen molar-refractivity contribution in [3.05, 3.63) is 48.5 Å². The topological polar surface area (TPSA) is 84.9 Å². The minimum Gasteiger partial charge on any atom is -0.476 e. The molecule has 1 atom stereocenters. The molecule has 0 aliphatic carbocycles. The molecule has 0 aromatic heterocycles. The number of nitrogens with one attached hydrogen (secondary N) is 1. The molecular formula is C19H19F3N2O5S. The Morgan fingerprint density at radius 1 is 1.20 bits per heavy atom. The zero-order valence-corrected chi connectivity index (χ0v) is 16.7. The maximum atomic E-state index is 13.3. The lowest BCUT2D eigenvalue weighted by molar-refractivity contribution is -0.275. The van der Waals surface area contributed by atoms with Crippen LogP contribution in [0.25, 0.3) is 0 Å². The number of sulfonamides is 1. The number of hydrogen-bond acceptors (Lipinski definition) is 5. The fourth-order valence-electron chi connectivity index (χ4n) is 2.92. The summed E-state index contributed by atoms with van der Waals surface area (Å²) in [5, 5.41) is 2.63. The van der Waals surface area contributed by atoms with Gasteiger partial charge in [-0.25, -0.2) is 8.42 Å². The molecule has 0 saturated heterocycles. The Labute approximate surface area is 171 Å². The number of anilines is 1. The molecule has 11 heteroatoms. The number of halogens is 3. The third-order valence-corrected chi connectivity index (χ3v) is 6.04. The van der Waals surface area contributed by atoms with E-state index in [1.807, 2.05) is 6.92 Å². The van der Waals surface area contributed by atoms with Crippen molar-refractivity contribution >= 4 is 21.6 Å². The lowest BCUT2D eigenvalue weighted by atomic mass is 10.2. The number of hydrogen-bond donors (Lipinski definition) is 1. The molecule has 1 amide bonds. The lowest BCUT2D eigenvalue weighted by Gasteiger charge is -2.35. The average molecular weight is 444 g/mol. The number of fused-ring (bicyclic) bond motifs is 1. The summed E-state index contributed by atoms with van der Waals surface area (Å²) >= 11 is 0. The summed E-state index contributed by atoms with van der Waals surface area (Å²) in [5.74, 6) is -1.26. The Hall–Kier alpha value is -2.95. The maximum Gasteiger partial charge on any atom is 0.573 e. The molecule has 7 nitrogen and oxygen atoms in total. The van der Waals surface area contributed by atoms with Crippen LogP contribution in [0.2, 0.25) is 0 Å². The molecule has 0 bridgehead atoms. The number of para-hydroxylation sites is 3. The van der Waals surface area contributed by atoms with Gasteiger partial charge < -0.3 is 14.8 Å². The fourth-order valence-corrected chi connectivity index (χ4v) is 4.51. The molecule has 0 spiro atoms. The first kappa shape index (κ1) is 21.8. The van der Waals surface area contributed by atoms with Gasteiger partial charge in [0.2, 0.25) is 0 Å². The highest BCUT2D eigenvalue weighted by molar-refractivity contribution is 7.93. The number of nitrogens with zero attached hydrogens (tertiary/aromatic N) is 1. The standard InChI is InChI=1S/C19H19F3N2O5S/c1-2-11-23-18(25)16-12-24(13-7-3-4-8-14(13)28-16)30(26,27)17-10-6-5-9-15(17)29-19(20,21)22/h3-10,16H,2,11-12H2,1H3,(H,23,25). The SMILES string of the molecule is CCCNC(=O)C1CN(S(=O)(=O)c2ccccc2OC(F)(F)F)c2ccccc2O1. The number of carbonyl (C=O) groups is 1. The van der Waals surface area contributed by atoms with Crippen molar-refractivity contribution in [2.75, 3.05) is 17.4 Å². The summed E-state index contributed by atoms with van der Waals surface area (Å²) < 4.78 is 75.4. The first-order valence-corrected chi connectivity index (χ1v) is 10.5. The van der Waals surface area contributed by atoms with Crippen molar-refractivity contribution in [2.45, 2.75) is 30.7 Å². The predicted molar refractivity (Wildman–Crippen MR) is 102 cm³/mol. The van der Waals surface area contributed by atoms with E-state index in [2.05, 4.69) is 10.1 Å². The van der Waals surface area contributed by atoms with Crippen LogP contribution >= 0.6 is 0 Å². The zero-order chi connectivity index (χ0) is 21.9. The predicted octanol–water partition coefficient (Wildman–Crippen LogP) is 3.07. The normalized spacial score (nSPS) is 16.4. The zero-order valence-electron chi connectivity index (χ0n) is 15.8. The molecule has 1 heterocycles. The van der Waals surface area contributed by atoms with Crippen LogP contribution in [0.15, 0.2) is 53.4 Å². The van der Waals surface area contributed by atoms with Crippen LogP contribution in [0.4, 0.5) is 18.9 Å². The second kappa shape index (κ2) is 8.42. The van der Waals surface area contributed by atoms with Gasteiger partial charge in [0.25, 0.3) is 15.9 Å². The van der Waals surface area contributed by atoms with Gasteiger partial charge >= 0.3 is 6.36 Å². The molecule has 162 valence electrons. The molecule has 0 saturated carbocycles. The molecule has 1 unspecified atom stereocenters. The third-order valence-electron chi connectivity index (χ3n) is 4.22. The van der Waals surface area contributed by atoms with Crippen LogP contribution in [0.3, 0.4) is 0 Å². The van der Waals surface area contributed by atoms with Crippen LogP contribution in [-0.2, 0) is 14.8 Å². The summed E-state index contributed by atoms with van der Waals surface area (Å²) in [7, 11) is -4.52. The van der Waals surface area contributed by atoms with Crippen molar-refractivity contribution < 1.29 is 35.9 Å². The van der Waals surface area contributed by atoms with Crippen LogP contribution < -0.4 is 19.1 Å². The van der Waals surface area contributed by atoms with E-state index in [0.717, 1.165) is 16.4 Å². The summed E-state index contributed by atoms with van der Waals surface area (Å²) in [6.07, 6.45) is -5.58. The second-order valence-electron chi connectivity index (χ2n) is 6.40. The van der Waals surface area contributed by atoms with Crippen molar-refractivity contribution in [1.82, 2.24) is 5.32 Å². The van der Waals surface area contributed by atoms with Crippen LogP contribution in [0.1, 0.15) is 13.3 Å². The fraction of sp³-hybridized carbons (Fsp3) is 0.316. The van der Waals surface area contributed by atoms with E-state index >= 15 is 0 Å². The van der Waals surface area contributed by atoms with E-state index in [4.69, 9.17) is 4.74 Å². The molecule has 1 N–H and O–H groups in total. The molecule has 0 radical (unpaired) electrons. The van der Waals surface area contributed by atoms with Crippen molar-refractivity contribution in [3.63, 3.8) is 0 Å². The van der Waals surface area contributed by atoms with Gasteiger partial charge in [-0.3, -0.25) is 9.10 Å². The minimum absolute atomic E-state index is 0.110. The quantitative estimate of drug-likeness (QED) is 0.740. The molecule has 1 aliphatic heterocycles. The Morgan fingerprint density at radius 3 is 2.57 bits per heavy atom. The molecule has 1 aliphatic rings. The largest absolute Gasteiger partial charge is 0.573 e. The van der Waals surface area contributed by atoms with Gasteiger partial charge in [0, 0.05) is 6.54 Å². The van der Waals surface area contributed by atoms with Gasteiger partial charge in [-0.05, 0) is 30.7 Å². The average Bonchev–Trinajstić information content (AvgIpc) is 2.70. The molecule has 3 rings (SSSR count). The van der Waals surface area contributed by atoms with Gasteiger partial charge in [-0.1, -0.05) is 31.2 Å². The Bertz CT molecular complexity index is 1030. The highest BCUT2D eigenvalue weighted by Crippen LogP contribution is 2.39. The van der Waals surface area contributed by atoms with E-state index < -0.39 is 45.6 Å². The maximum absolute atomic E-state index is 13.3. The van der Waals surface area contributed by atoms with E-state index in [1.165, 1.54) is 24.3 Å². The van der Waals surface area contributed by atoms with E-state index in [-0.39, 0.29) is 11.4 Å². The van der Waals surface area contributed by atoms with Crippen molar-refractivity contribution in [2.24, 2.45) is 0 Å². The van der Waals surface area contributed by atoms with Gasteiger partial charge in [0.1, 0.15) is 16.4 Å². The second-order valence-corrected chi connectivity index (χ2v) is 8.23. The lowest BCUT2D eigenvalue weighted by Crippen LogP contribution is -2.50. The third kappa shape index (κ3) is 4.61. The smallest absolute Gasteiger partial charge is 0.476 e. The van der Waals surface area contributed by atoms with Crippen LogP contribution in [0, 0.1) is 0 Å². The van der Waals surface area contributed by atoms with Crippen molar-refractivity contribution in [3.8, 4) is 11.5 Å². The minimum atomic E-state index is -5.07. The van der Waals surface area contributed by atoms with E-state index in [9.17, 15) is 26.4 Å². The van der Waals surface area contributed by atoms with Crippen LogP contribution in [-0.4, -0.2) is 39.9 Å². The summed E-state index contributed by atoms with van der Waals surface area (Å²) in [5.41, 5.74) is 0.110. The number of amides is 1. The summed E-state index contributed by atoms with van der Waals surface area (Å²) in [6.45, 7) is 1.82. The highest BCUT2D eigenvalue weighted by Gasteiger charge is 2.40. The van der Waals surface area contributed by atoms with Gasteiger partial charge in [0.05, 0.1) is 12.2 Å². The summed E-state index contributed by atoms with van der Waals surface area (Å²) in [4.78, 5) is 11.7. The molecular weight excluding hydrogens is 425 g/mol. The number of ether oxygens (including phenoxy) is 2. The molecule has 30 heavy (non-hydrogen) atoms. The first-order valence-electron chi connectivity index (χ1n) is 9.04. The van der Waals surface area contributed by atoms with Crippen molar-refractivity contribution in [1.29, 1.82) is 0 Å². The number of alkyl halides is 3. The first-order chi connectivity index (χ1) is 14.1. The molecule has 0 fully saturated rings. The van der Waals surface area contributed by atoms with Gasteiger partial charge in [0.15, 0.2) is 6.10 Å². The monoisotopic (exact) mass is 444 g/mol. The highest BCUT2D eigenvalue weighted by atomic mass is 32.2. The van der Waals surface area contributed by atoms with Gasteiger partial charge in [-0.15, -0.1) is 13.2 Å². The Kier molecular flexibility index (Phi) is 6.11. The number of rotatable bonds is 6. The number of benzene rings is 2. The van der Waals surface area contributed by atoms with E-state index in [0.29, 0.717) is 13.0 Å². The Morgan fingerprint density at radius 2 is 1.87 bits per heavy atom.